The predicted octanol–water partition coefficient (Wildman–Crippen LogP) is 2.95. The maximum Gasteiger partial charge on any atom is 0.0992 e. The number of aromatic nitrogens is 1. The predicted molar refractivity (Wildman–Crippen MR) is 82.9 cm³/mol. The van der Waals surface area contributed by atoms with Crippen LogP contribution in [0.1, 0.15) is 35.5 Å². The smallest absolute Gasteiger partial charge is 0.0992 e. The molecule has 0 aliphatic heterocycles. The summed E-state index contributed by atoms with van der Waals surface area (Å²) in [5.41, 5.74) is 4.17. The Morgan fingerprint density at radius 3 is 2.71 bits per heavy atom. The normalized spacial score (nSPS) is 11.8. The molecule has 1 aromatic carbocycles. The molecule has 2 aromatic rings. The Bertz CT molecular complexity index is 674. The van der Waals surface area contributed by atoms with E-state index in [0.717, 1.165) is 22.6 Å². The molecule has 108 valence electrons. The van der Waals surface area contributed by atoms with E-state index in [1.807, 2.05) is 37.1 Å². The van der Waals surface area contributed by atoms with Crippen molar-refractivity contribution in [2.75, 3.05) is 11.9 Å². The average molecular weight is 281 g/mol. The number of hydrogen-bond donors (Lipinski definition) is 1. The standard InChI is InChI=1S/C17H19N3O/c1-12-5-4-6-15(19-12)11-20(3)17-9-14(10-18)7-8-16(17)13(2)21/h4-9,13,21H,11H2,1-3H3. The number of pyridine rings is 1. The first-order valence-electron chi connectivity index (χ1n) is 6.87. The molecule has 2 rings (SSSR count). The van der Waals surface area contributed by atoms with Crippen LogP contribution in [0, 0.1) is 18.3 Å². The molecule has 4 heteroatoms. The fourth-order valence-electron chi connectivity index (χ4n) is 2.31. The quantitative estimate of drug-likeness (QED) is 0.936. The average Bonchev–Trinajstić information content (AvgIpc) is 2.46. The molecule has 1 N–H and O–H groups in total. The van der Waals surface area contributed by atoms with E-state index in [0.29, 0.717) is 12.1 Å². The van der Waals surface area contributed by atoms with Gasteiger partial charge in [-0.1, -0.05) is 12.1 Å². The third kappa shape index (κ3) is 3.59. The highest BCUT2D eigenvalue weighted by Gasteiger charge is 2.13. The number of anilines is 1. The summed E-state index contributed by atoms with van der Waals surface area (Å²) in [7, 11) is 1.94. The first kappa shape index (κ1) is 15.0. The largest absolute Gasteiger partial charge is 0.389 e. The van der Waals surface area contributed by atoms with Gasteiger partial charge >= 0.3 is 0 Å². The summed E-state index contributed by atoms with van der Waals surface area (Å²) in [6.45, 7) is 4.31. The highest BCUT2D eigenvalue weighted by Crippen LogP contribution is 2.27. The Balaban J connectivity index is 2.33. The van der Waals surface area contributed by atoms with Crippen LogP contribution in [0.3, 0.4) is 0 Å². The molecule has 0 spiro atoms. The van der Waals surface area contributed by atoms with Crippen LogP contribution >= 0.6 is 0 Å². The maximum atomic E-state index is 9.90. The van der Waals surface area contributed by atoms with Crippen molar-refractivity contribution < 1.29 is 5.11 Å². The molecule has 21 heavy (non-hydrogen) atoms. The van der Waals surface area contributed by atoms with Crippen LogP contribution in [-0.4, -0.2) is 17.1 Å². The third-order valence-corrected chi connectivity index (χ3v) is 3.37. The lowest BCUT2D eigenvalue weighted by Crippen LogP contribution is -2.19. The minimum atomic E-state index is -0.583. The Kier molecular flexibility index (Phi) is 4.56. The maximum absolute atomic E-state index is 9.90. The van der Waals surface area contributed by atoms with E-state index in [1.54, 1.807) is 25.1 Å². The minimum Gasteiger partial charge on any atom is -0.389 e. The fraction of sp³-hybridized carbons (Fsp3) is 0.294. The molecule has 1 atom stereocenters. The molecule has 4 nitrogen and oxygen atoms in total. The molecule has 1 aromatic heterocycles. The monoisotopic (exact) mass is 281 g/mol. The minimum absolute atomic E-state index is 0.582. The lowest BCUT2D eigenvalue weighted by molar-refractivity contribution is 0.199. The molecule has 0 saturated carbocycles. The lowest BCUT2D eigenvalue weighted by atomic mass is 10.0. The van der Waals surface area contributed by atoms with Crippen LogP contribution in [0.15, 0.2) is 36.4 Å². The fourth-order valence-corrected chi connectivity index (χ4v) is 2.31. The summed E-state index contributed by atoms with van der Waals surface area (Å²) in [6, 6.07) is 13.4. The van der Waals surface area contributed by atoms with E-state index in [1.165, 1.54) is 0 Å². The van der Waals surface area contributed by atoms with Crippen molar-refractivity contribution >= 4 is 5.69 Å². The summed E-state index contributed by atoms with van der Waals surface area (Å²) in [5, 5.41) is 19.0. The van der Waals surface area contributed by atoms with Crippen molar-refractivity contribution in [1.82, 2.24) is 4.98 Å². The van der Waals surface area contributed by atoms with Crippen molar-refractivity contribution in [3.8, 4) is 6.07 Å². The molecule has 0 aliphatic carbocycles. The van der Waals surface area contributed by atoms with Gasteiger partial charge in [-0.2, -0.15) is 5.26 Å². The van der Waals surface area contributed by atoms with Gasteiger partial charge in [0.15, 0.2) is 0 Å². The van der Waals surface area contributed by atoms with Gasteiger partial charge in [-0.25, -0.2) is 0 Å². The van der Waals surface area contributed by atoms with Crippen molar-refractivity contribution in [2.45, 2.75) is 26.5 Å². The second-order valence-corrected chi connectivity index (χ2v) is 5.19. The Morgan fingerprint density at radius 2 is 2.10 bits per heavy atom. The van der Waals surface area contributed by atoms with Crippen LogP contribution in [0.5, 0.6) is 0 Å². The molecule has 0 fully saturated rings. The Labute approximate surface area is 125 Å². The number of hydrogen-bond acceptors (Lipinski definition) is 4. The number of nitrogens with zero attached hydrogens (tertiary/aromatic N) is 3. The summed E-state index contributed by atoms with van der Waals surface area (Å²) in [6.07, 6.45) is -0.583. The Hall–Kier alpha value is -2.38. The molecule has 1 heterocycles. The lowest BCUT2D eigenvalue weighted by Gasteiger charge is -2.23. The van der Waals surface area contributed by atoms with Gasteiger partial charge in [-0.05, 0) is 38.1 Å². The van der Waals surface area contributed by atoms with E-state index < -0.39 is 6.10 Å². The topological polar surface area (TPSA) is 60.2 Å². The van der Waals surface area contributed by atoms with E-state index >= 15 is 0 Å². The summed E-state index contributed by atoms with van der Waals surface area (Å²) < 4.78 is 0. The van der Waals surface area contributed by atoms with Crippen molar-refractivity contribution in [1.29, 1.82) is 5.26 Å². The van der Waals surface area contributed by atoms with Gasteiger partial charge < -0.3 is 10.0 Å². The highest BCUT2D eigenvalue weighted by atomic mass is 16.3. The van der Waals surface area contributed by atoms with Gasteiger partial charge in [0.25, 0.3) is 0 Å². The molecule has 1 unspecified atom stereocenters. The SMILES string of the molecule is Cc1cccc(CN(C)c2cc(C#N)ccc2C(C)O)n1. The van der Waals surface area contributed by atoms with Gasteiger partial charge in [0, 0.05) is 24.0 Å². The van der Waals surface area contributed by atoms with Crippen molar-refractivity contribution in [3.05, 3.63) is 58.9 Å². The van der Waals surface area contributed by atoms with Crippen molar-refractivity contribution in [3.63, 3.8) is 0 Å². The molecular weight excluding hydrogens is 262 g/mol. The van der Waals surface area contributed by atoms with E-state index in [4.69, 9.17) is 5.26 Å². The molecule has 0 amide bonds. The van der Waals surface area contributed by atoms with Crippen LogP contribution in [0.2, 0.25) is 0 Å². The first-order chi connectivity index (χ1) is 10.0. The third-order valence-electron chi connectivity index (χ3n) is 3.37. The number of aliphatic hydroxyl groups excluding tert-OH is 1. The number of nitriles is 1. The highest BCUT2D eigenvalue weighted by molar-refractivity contribution is 5.58. The summed E-state index contributed by atoms with van der Waals surface area (Å²) >= 11 is 0. The van der Waals surface area contributed by atoms with E-state index in [9.17, 15) is 5.11 Å². The summed E-state index contributed by atoms with van der Waals surface area (Å²) in [5.74, 6) is 0. The molecule has 0 saturated heterocycles. The molecular formula is C17H19N3O. The molecule has 0 bridgehead atoms. The van der Waals surface area contributed by atoms with Crippen LogP contribution in [0.4, 0.5) is 5.69 Å². The zero-order valence-corrected chi connectivity index (χ0v) is 12.5. The van der Waals surface area contributed by atoms with E-state index in [2.05, 4.69) is 11.1 Å². The van der Waals surface area contributed by atoms with Gasteiger partial charge in [0.05, 0.1) is 30.0 Å². The number of rotatable bonds is 4. The number of aliphatic hydroxyl groups is 1. The second kappa shape index (κ2) is 6.38. The van der Waals surface area contributed by atoms with Crippen LogP contribution in [-0.2, 0) is 6.54 Å². The van der Waals surface area contributed by atoms with E-state index in [-0.39, 0.29) is 0 Å². The van der Waals surface area contributed by atoms with Gasteiger partial charge in [0.1, 0.15) is 0 Å². The van der Waals surface area contributed by atoms with Gasteiger partial charge in [-0.3, -0.25) is 4.98 Å². The zero-order valence-electron chi connectivity index (χ0n) is 12.5. The number of aryl methyl sites for hydroxylation is 1. The summed E-state index contributed by atoms with van der Waals surface area (Å²) in [4.78, 5) is 6.49. The molecule has 0 radical (unpaired) electrons. The molecule has 0 aliphatic rings. The zero-order chi connectivity index (χ0) is 15.4. The van der Waals surface area contributed by atoms with Gasteiger partial charge in [0.2, 0.25) is 0 Å². The second-order valence-electron chi connectivity index (χ2n) is 5.19. The van der Waals surface area contributed by atoms with Crippen molar-refractivity contribution in [2.24, 2.45) is 0 Å². The first-order valence-corrected chi connectivity index (χ1v) is 6.87. The number of benzene rings is 1. The van der Waals surface area contributed by atoms with Gasteiger partial charge in [-0.15, -0.1) is 0 Å². The van der Waals surface area contributed by atoms with Crippen LogP contribution in [0.25, 0.3) is 0 Å². The van der Waals surface area contributed by atoms with Crippen LogP contribution < -0.4 is 4.90 Å². The Morgan fingerprint density at radius 1 is 1.33 bits per heavy atom.